The molecule has 0 saturated heterocycles. The molecule has 0 saturated carbocycles. The van der Waals surface area contributed by atoms with Gasteiger partial charge in [-0.15, -0.1) is 0 Å². The van der Waals surface area contributed by atoms with Crippen molar-refractivity contribution in [1.82, 2.24) is 35.1 Å². The van der Waals surface area contributed by atoms with Gasteiger partial charge < -0.3 is 10.3 Å². The van der Waals surface area contributed by atoms with Crippen molar-refractivity contribution < 1.29 is 4.79 Å². The van der Waals surface area contributed by atoms with Crippen LogP contribution in [0, 0.1) is 0 Å². The first-order chi connectivity index (χ1) is 17.7. The van der Waals surface area contributed by atoms with Crippen LogP contribution in [0.15, 0.2) is 73.6 Å². The van der Waals surface area contributed by atoms with Crippen molar-refractivity contribution in [2.45, 2.75) is 19.8 Å². The summed E-state index contributed by atoms with van der Waals surface area (Å²) in [7, 11) is 0. The van der Waals surface area contributed by atoms with Crippen molar-refractivity contribution in [3.05, 3.63) is 73.6 Å². The Morgan fingerprint density at radius 3 is 2.61 bits per heavy atom. The third kappa shape index (κ3) is 3.96. The maximum Gasteiger partial charge on any atom is 0.224 e. The molecule has 6 aromatic heterocycles. The number of nitrogens with one attached hydrogen (secondary N) is 3. The number of aromatic nitrogens is 7. The van der Waals surface area contributed by atoms with Crippen molar-refractivity contribution in [3.8, 4) is 33.6 Å². The Morgan fingerprint density at radius 1 is 0.889 bits per heavy atom. The van der Waals surface area contributed by atoms with Crippen LogP contribution in [-0.4, -0.2) is 41.0 Å². The first-order valence-electron chi connectivity index (χ1n) is 11.7. The van der Waals surface area contributed by atoms with Crippen LogP contribution in [0.25, 0.3) is 55.7 Å². The van der Waals surface area contributed by atoms with Crippen LogP contribution in [0.3, 0.4) is 0 Å². The van der Waals surface area contributed by atoms with Crippen molar-refractivity contribution >= 4 is 33.7 Å². The standard InChI is InChI=1S/C27H22N8O/c1-2-3-24(36)32-19-10-17(13-29-15-19)18-11-22-25(34-35-27(22)31-14-18)23-12-21-20(6-9-30-26(21)33-23)16-4-7-28-8-5-16/h4-15H,2-3H2,1H3,(H,30,33)(H,32,36)(H,31,34,35). The molecule has 0 aromatic carbocycles. The van der Waals surface area contributed by atoms with Gasteiger partial charge in [-0.05, 0) is 53.9 Å². The number of anilines is 1. The molecule has 36 heavy (non-hydrogen) atoms. The molecule has 0 atom stereocenters. The Hall–Kier alpha value is -4.92. The van der Waals surface area contributed by atoms with Crippen LogP contribution in [0.4, 0.5) is 5.69 Å². The van der Waals surface area contributed by atoms with E-state index >= 15 is 0 Å². The number of pyridine rings is 4. The van der Waals surface area contributed by atoms with E-state index in [-0.39, 0.29) is 5.91 Å². The SMILES string of the molecule is CCCC(=O)Nc1cncc(-c2cnc3n[nH]c(-c4cc5c(-c6ccncc6)ccnc5[nH]4)c3c2)c1. The van der Waals surface area contributed by atoms with Crippen molar-refractivity contribution in [1.29, 1.82) is 0 Å². The number of rotatable bonds is 6. The number of fused-ring (bicyclic) bond motifs is 2. The van der Waals surface area contributed by atoms with E-state index in [9.17, 15) is 4.79 Å². The molecule has 0 fully saturated rings. The Balaban J connectivity index is 1.40. The highest BCUT2D eigenvalue weighted by atomic mass is 16.1. The van der Waals surface area contributed by atoms with Gasteiger partial charge in [0.2, 0.25) is 5.91 Å². The summed E-state index contributed by atoms with van der Waals surface area (Å²) in [6.07, 6.45) is 11.8. The second kappa shape index (κ2) is 9.03. The number of H-pyrrole nitrogens is 2. The van der Waals surface area contributed by atoms with E-state index in [0.717, 1.165) is 56.5 Å². The van der Waals surface area contributed by atoms with Crippen LogP contribution in [0.5, 0.6) is 0 Å². The molecule has 0 spiro atoms. The monoisotopic (exact) mass is 474 g/mol. The predicted molar refractivity (Wildman–Crippen MR) is 139 cm³/mol. The van der Waals surface area contributed by atoms with Gasteiger partial charge in [-0.3, -0.25) is 19.9 Å². The Bertz CT molecular complexity index is 1700. The fourth-order valence-corrected chi connectivity index (χ4v) is 4.32. The van der Waals surface area contributed by atoms with Crippen molar-refractivity contribution in [3.63, 3.8) is 0 Å². The summed E-state index contributed by atoms with van der Waals surface area (Å²) < 4.78 is 0. The molecule has 3 N–H and O–H groups in total. The van der Waals surface area contributed by atoms with E-state index in [1.54, 1.807) is 37.2 Å². The number of carbonyl (C=O) groups excluding carboxylic acids is 1. The maximum atomic E-state index is 12.0. The van der Waals surface area contributed by atoms with Crippen molar-refractivity contribution in [2.24, 2.45) is 0 Å². The molecule has 9 nitrogen and oxygen atoms in total. The molecule has 6 heterocycles. The lowest BCUT2D eigenvalue weighted by Gasteiger charge is -2.07. The van der Waals surface area contributed by atoms with Gasteiger partial charge >= 0.3 is 0 Å². The molecule has 0 aliphatic carbocycles. The lowest BCUT2D eigenvalue weighted by Crippen LogP contribution is -2.10. The zero-order valence-corrected chi connectivity index (χ0v) is 19.5. The smallest absolute Gasteiger partial charge is 0.224 e. The van der Waals surface area contributed by atoms with Gasteiger partial charge in [-0.1, -0.05) is 6.92 Å². The fraction of sp³-hybridized carbons (Fsp3) is 0.111. The summed E-state index contributed by atoms with van der Waals surface area (Å²) in [4.78, 5) is 32.9. The molecule has 6 aromatic rings. The minimum atomic E-state index is -0.0271. The number of amides is 1. The third-order valence-electron chi connectivity index (χ3n) is 6.03. The van der Waals surface area contributed by atoms with Gasteiger partial charge in [-0.25, -0.2) is 9.97 Å². The van der Waals surface area contributed by atoms with E-state index < -0.39 is 0 Å². The van der Waals surface area contributed by atoms with Crippen LogP contribution in [0.2, 0.25) is 0 Å². The zero-order chi connectivity index (χ0) is 24.5. The molecule has 9 heteroatoms. The predicted octanol–water partition coefficient (Wildman–Crippen LogP) is 5.36. The third-order valence-corrected chi connectivity index (χ3v) is 6.03. The molecular weight excluding hydrogens is 452 g/mol. The van der Waals surface area contributed by atoms with Crippen molar-refractivity contribution in [2.75, 3.05) is 5.32 Å². The number of aromatic amines is 2. The largest absolute Gasteiger partial charge is 0.338 e. The van der Waals surface area contributed by atoms with Gasteiger partial charge in [0.15, 0.2) is 5.65 Å². The lowest BCUT2D eigenvalue weighted by atomic mass is 10.0. The normalized spacial score (nSPS) is 11.2. The van der Waals surface area contributed by atoms with Gasteiger partial charge in [0.25, 0.3) is 0 Å². The van der Waals surface area contributed by atoms with E-state index in [0.29, 0.717) is 17.8 Å². The van der Waals surface area contributed by atoms with Gasteiger partial charge in [0, 0.05) is 59.3 Å². The first kappa shape index (κ1) is 21.6. The maximum absolute atomic E-state index is 12.0. The lowest BCUT2D eigenvalue weighted by molar-refractivity contribution is -0.116. The summed E-state index contributed by atoms with van der Waals surface area (Å²) >= 11 is 0. The molecule has 0 aliphatic heterocycles. The topological polar surface area (TPSA) is 125 Å². The minimum Gasteiger partial charge on any atom is -0.338 e. The number of nitrogens with zero attached hydrogens (tertiary/aromatic N) is 5. The van der Waals surface area contributed by atoms with E-state index in [1.807, 2.05) is 37.3 Å². The Kier molecular flexibility index (Phi) is 5.42. The van der Waals surface area contributed by atoms with Crippen LogP contribution in [-0.2, 0) is 4.79 Å². The Labute approximate surface area is 206 Å². The average molecular weight is 475 g/mol. The highest BCUT2D eigenvalue weighted by molar-refractivity contribution is 6.00. The van der Waals surface area contributed by atoms with Gasteiger partial charge in [0.1, 0.15) is 5.65 Å². The first-order valence-corrected chi connectivity index (χ1v) is 11.7. The zero-order valence-electron chi connectivity index (χ0n) is 19.5. The highest BCUT2D eigenvalue weighted by Crippen LogP contribution is 2.34. The van der Waals surface area contributed by atoms with E-state index in [2.05, 4.69) is 46.5 Å². The second-order valence-corrected chi connectivity index (χ2v) is 8.49. The highest BCUT2D eigenvalue weighted by Gasteiger charge is 2.15. The van der Waals surface area contributed by atoms with Crippen LogP contribution < -0.4 is 5.32 Å². The number of carbonyl (C=O) groups is 1. The molecule has 6 rings (SSSR count). The molecule has 176 valence electrons. The second-order valence-electron chi connectivity index (χ2n) is 8.49. The summed E-state index contributed by atoms with van der Waals surface area (Å²) in [5, 5.41) is 12.3. The van der Waals surface area contributed by atoms with E-state index in [1.165, 1.54) is 0 Å². The minimum absolute atomic E-state index is 0.0271. The Morgan fingerprint density at radius 2 is 1.75 bits per heavy atom. The summed E-state index contributed by atoms with van der Waals surface area (Å²) in [6, 6.07) is 12.0. The number of hydrogen-bond acceptors (Lipinski definition) is 6. The van der Waals surface area contributed by atoms with Crippen LogP contribution >= 0.6 is 0 Å². The number of hydrogen-bond donors (Lipinski definition) is 3. The molecule has 1 amide bonds. The quantitative estimate of drug-likeness (QED) is 0.298. The van der Waals surface area contributed by atoms with Gasteiger partial charge in [0.05, 0.1) is 23.3 Å². The fourth-order valence-electron chi connectivity index (χ4n) is 4.32. The summed E-state index contributed by atoms with van der Waals surface area (Å²) in [5.74, 6) is -0.0271. The van der Waals surface area contributed by atoms with Crippen LogP contribution in [0.1, 0.15) is 19.8 Å². The summed E-state index contributed by atoms with van der Waals surface area (Å²) in [5.41, 5.74) is 7.59. The average Bonchev–Trinajstić information content (AvgIpc) is 3.53. The molecule has 0 unspecified atom stereocenters. The van der Waals surface area contributed by atoms with E-state index in [4.69, 9.17) is 0 Å². The molecule has 0 radical (unpaired) electrons. The molecule has 0 aliphatic rings. The molecule has 0 bridgehead atoms. The van der Waals surface area contributed by atoms with Gasteiger partial charge in [-0.2, -0.15) is 5.10 Å². The summed E-state index contributed by atoms with van der Waals surface area (Å²) in [6.45, 7) is 1.97. The molecular formula is C27H22N8O.